The average molecular weight is 497 g/mol. The second-order valence-electron chi connectivity index (χ2n) is 6.46. The van der Waals surface area contributed by atoms with Crippen LogP contribution in [-0.4, -0.2) is 32.1 Å². The summed E-state index contributed by atoms with van der Waals surface area (Å²) in [5.74, 6) is -1.54. The highest BCUT2D eigenvalue weighted by Crippen LogP contribution is 2.30. The number of benzene rings is 3. The van der Waals surface area contributed by atoms with Gasteiger partial charge in [0.2, 0.25) is 3.79 Å². The number of rotatable bonds is 5. The first-order valence-electron chi connectivity index (χ1n) is 8.91. The van der Waals surface area contributed by atoms with Crippen molar-refractivity contribution >= 4 is 80.5 Å². The molecule has 1 amide bonds. The molecule has 0 aliphatic heterocycles. The van der Waals surface area contributed by atoms with E-state index in [2.05, 4.69) is 16.0 Å². The third kappa shape index (κ3) is 5.98. The highest BCUT2D eigenvalue weighted by molar-refractivity contribution is 7.80. The van der Waals surface area contributed by atoms with Gasteiger partial charge in [-0.25, -0.2) is 4.79 Å². The summed E-state index contributed by atoms with van der Waals surface area (Å²) in [5.41, 5.74) is 0.906. The lowest BCUT2D eigenvalue weighted by molar-refractivity contribution is 0.0696. The predicted molar refractivity (Wildman–Crippen MR) is 128 cm³/mol. The van der Waals surface area contributed by atoms with Crippen LogP contribution in [0.5, 0.6) is 0 Å². The number of amides is 1. The Morgan fingerprint density at radius 2 is 1.61 bits per heavy atom. The van der Waals surface area contributed by atoms with Gasteiger partial charge in [0.25, 0.3) is 5.91 Å². The van der Waals surface area contributed by atoms with E-state index >= 15 is 0 Å². The van der Waals surface area contributed by atoms with Crippen molar-refractivity contribution in [2.75, 3.05) is 5.32 Å². The van der Waals surface area contributed by atoms with Gasteiger partial charge in [0, 0.05) is 11.3 Å². The van der Waals surface area contributed by atoms with Crippen LogP contribution in [0, 0.1) is 0 Å². The van der Waals surface area contributed by atoms with Gasteiger partial charge >= 0.3 is 5.97 Å². The van der Waals surface area contributed by atoms with Crippen LogP contribution in [-0.2, 0) is 0 Å². The molecule has 3 aromatic rings. The van der Waals surface area contributed by atoms with Gasteiger partial charge in [-0.1, -0.05) is 77.3 Å². The highest BCUT2D eigenvalue weighted by Gasteiger charge is 2.35. The maximum Gasteiger partial charge on any atom is 0.335 e. The number of alkyl halides is 3. The number of hydrogen-bond donors (Lipinski definition) is 4. The molecule has 3 rings (SSSR count). The summed E-state index contributed by atoms with van der Waals surface area (Å²) in [4.78, 5) is 24.0. The molecule has 31 heavy (non-hydrogen) atoms. The molecule has 3 aromatic carbocycles. The number of carboxylic acid groups (broad SMARTS) is 1. The fourth-order valence-electron chi connectivity index (χ4n) is 2.86. The van der Waals surface area contributed by atoms with E-state index in [1.807, 2.05) is 30.3 Å². The number of carbonyl (C=O) groups is 2. The zero-order valence-electron chi connectivity index (χ0n) is 15.7. The van der Waals surface area contributed by atoms with Crippen LogP contribution < -0.4 is 16.0 Å². The topological polar surface area (TPSA) is 90.5 Å². The summed E-state index contributed by atoms with van der Waals surface area (Å²) in [6, 6.07) is 18.8. The molecule has 0 fully saturated rings. The van der Waals surface area contributed by atoms with Gasteiger partial charge < -0.3 is 21.1 Å². The Kier molecular flexibility index (Phi) is 7.23. The van der Waals surface area contributed by atoms with Crippen molar-refractivity contribution in [1.82, 2.24) is 10.6 Å². The molecule has 0 saturated carbocycles. The van der Waals surface area contributed by atoms with E-state index in [-0.39, 0.29) is 10.7 Å². The van der Waals surface area contributed by atoms with Gasteiger partial charge in [0.1, 0.15) is 6.17 Å². The van der Waals surface area contributed by atoms with Crippen LogP contribution in [0.4, 0.5) is 5.69 Å². The number of hydrogen-bond acceptors (Lipinski definition) is 3. The minimum atomic E-state index is -1.94. The Morgan fingerprint density at radius 3 is 2.32 bits per heavy atom. The molecule has 6 nitrogen and oxygen atoms in total. The molecular formula is C21H16Cl3N3O3S. The predicted octanol–water partition coefficient (Wildman–Crippen LogP) is 4.95. The summed E-state index contributed by atoms with van der Waals surface area (Å²) in [6.45, 7) is 0. The number of fused-ring (bicyclic) bond motifs is 1. The molecule has 4 N–H and O–H groups in total. The lowest BCUT2D eigenvalue weighted by Crippen LogP contribution is -2.56. The molecule has 0 unspecified atom stereocenters. The number of halogens is 3. The molecule has 0 bridgehead atoms. The highest BCUT2D eigenvalue weighted by atomic mass is 35.6. The summed E-state index contributed by atoms with van der Waals surface area (Å²) >= 11 is 23.4. The number of aromatic carboxylic acids is 1. The van der Waals surface area contributed by atoms with Crippen LogP contribution in [0.25, 0.3) is 10.8 Å². The standard InChI is InChI=1S/C21H16Cl3N3O3S/c22-21(23,24)19(27-20(31)25-14-8-3-7-13(11-14)18(29)30)26-17(28)16-10-4-6-12-5-1-2-9-15(12)16/h1-11,19H,(H,26,28)(H,29,30)(H2,25,27,31)/t19-/m0/s1. The van der Waals surface area contributed by atoms with Crippen LogP contribution in [0.3, 0.4) is 0 Å². The third-order valence-corrected chi connectivity index (χ3v) is 5.15. The van der Waals surface area contributed by atoms with E-state index in [0.717, 1.165) is 10.8 Å². The Bertz CT molecular complexity index is 1150. The fourth-order valence-corrected chi connectivity index (χ4v) is 3.42. The SMILES string of the molecule is O=C(O)c1cccc(NC(=S)N[C@H](NC(=O)c2cccc3ccccc23)C(Cl)(Cl)Cl)c1. The van der Waals surface area contributed by atoms with E-state index in [1.165, 1.54) is 12.1 Å². The first-order chi connectivity index (χ1) is 14.6. The molecular weight excluding hydrogens is 481 g/mol. The molecule has 0 spiro atoms. The smallest absolute Gasteiger partial charge is 0.335 e. The van der Waals surface area contributed by atoms with Crippen molar-refractivity contribution in [2.24, 2.45) is 0 Å². The zero-order valence-corrected chi connectivity index (χ0v) is 18.8. The van der Waals surface area contributed by atoms with Crippen molar-refractivity contribution in [3.63, 3.8) is 0 Å². The van der Waals surface area contributed by atoms with E-state index in [0.29, 0.717) is 11.3 Å². The molecule has 1 atom stereocenters. The zero-order chi connectivity index (χ0) is 22.6. The fraction of sp³-hybridized carbons (Fsp3) is 0.0952. The van der Waals surface area contributed by atoms with Crippen LogP contribution >= 0.6 is 47.0 Å². The molecule has 0 radical (unpaired) electrons. The van der Waals surface area contributed by atoms with Crippen molar-refractivity contribution in [3.8, 4) is 0 Å². The van der Waals surface area contributed by atoms with Crippen molar-refractivity contribution < 1.29 is 14.7 Å². The summed E-state index contributed by atoms with van der Waals surface area (Å²) in [7, 11) is 0. The van der Waals surface area contributed by atoms with E-state index in [9.17, 15) is 9.59 Å². The minimum Gasteiger partial charge on any atom is -0.478 e. The average Bonchev–Trinajstić information content (AvgIpc) is 2.72. The quantitative estimate of drug-likeness (QED) is 0.227. The second-order valence-corrected chi connectivity index (χ2v) is 9.24. The van der Waals surface area contributed by atoms with Crippen molar-refractivity contribution in [3.05, 3.63) is 77.9 Å². The first-order valence-corrected chi connectivity index (χ1v) is 10.5. The molecule has 0 aliphatic rings. The number of anilines is 1. The third-order valence-electron chi connectivity index (χ3n) is 4.28. The van der Waals surface area contributed by atoms with Gasteiger partial charge in [-0.05, 0) is 47.3 Å². The summed E-state index contributed by atoms with van der Waals surface area (Å²) in [6.07, 6.45) is -1.17. The van der Waals surface area contributed by atoms with Crippen LogP contribution in [0.15, 0.2) is 66.7 Å². The Hall–Kier alpha value is -2.58. The number of carboxylic acids is 1. The molecule has 160 valence electrons. The maximum absolute atomic E-state index is 12.9. The summed E-state index contributed by atoms with van der Waals surface area (Å²) in [5, 5.41) is 19.0. The lowest BCUT2D eigenvalue weighted by Gasteiger charge is -2.28. The van der Waals surface area contributed by atoms with Gasteiger partial charge in [0.05, 0.1) is 5.56 Å². The largest absolute Gasteiger partial charge is 0.478 e. The van der Waals surface area contributed by atoms with Crippen molar-refractivity contribution in [1.29, 1.82) is 0 Å². The lowest BCUT2D eigenvalue weighted by atomic mass is 10.0. The molecule has 0 aromatic heterocycles. The van der Waals surface area contributed by atoms with Crippen molar-refractivity contribution in [2.45, 2.75) is 9.96 Å². The first kappa shape index (κ1) is 23.1. The Balaban J connectivity index is 1.76. The molecule has 0 aliphatic carbocycles. The van der Waals surface area contributed by atoms with E-state index in [1.54, 1.807) is 24.3 Å². The molecule has 10 heteroatoms. The number of nitrogens with one attached hydrogen (secondary N) is 3. The summed E-state index contributed by atoms with van der Waals surface area (Å²) < 4.78 is -1.94. The number of thiocarbonyl (C=S) groups is 1. The van der Waals surface area contributed by atoms with Gasteiger partial charge in [-0.15, -0.1) is 0 Å². The van der Waals surface area contributed by atoms with Gasteiger partial charge in [-0.3, -0.25) is 4.79 Å². The van der Waals surface area contributed by atoms with Gasteiger partial charge in [0.15, 0.2) is 5.11 Å². The minimum absolute atomic E-state index is 0.0251. The van der Waals surface area contributed by atoms with E-state index < -0.39 is 21.8 Å². The van der Waals surface area contributed by atoms with Gasteiger partial charge in [-0.2, -0.15) is 0 Å². The number of carbonyl (C=O) groups excluding carboxylic acids is 1. The molecule has 0 heterocycles. The normalized spacial score (nSPS) is 12.1. The Labute approximate surface area is 198 Å². The monoisotopic (exact) mass is 495 g/mol. The van der Waals surface area contributed by atoms with Crippen LogP contribution in [0.2, 0.25) is 0 Å². The maximum atomic E-state index is 12.9. The molecule has 0 saturated heterocycles. The Morgan fingerprint density at radius 1 is 0.935 bits per heavy atom. The van der Waals surface area contributed by atoms with E-state index in [4.69, 9.17) is 52.1 Å². The second kappa shape index (κ2) is 9.70. The van der Waals surface area contributed by atoms with Crippen LogP contribution in [0.1, 0.15) is 20.7 Å².